The molecule has 23 heavy (non-hydrogen) atoms. The third-order valence-electron chi connectivity index (χ3n) is 4.50. The quantitative estimate of drug-likeness (QED) is 0.858. The summed E-state index contributed by atoms with van der Waals surface area (Å²) in [6.45, 7) is 9.61. The highest BCUT2D eigenvalue weighted by molar-refractivity contribution is 5.25. The second kappa shape index (κ2) is 7.73. The van der Waals surface area contributed by atoms with Gasteiger partial charge in [0.1, 0.15) is 0 Å². The minimum absolute atomic E-state index is 0.381. The van der Waals surface area contributed by atoms with Gasteiger partial charge < -0.3 is 10.1 Å². The SMILES string of the molecule is Cc1cccc([C@@H](CNCc2cn[nH]c2C)N2CCOCC2)c1. The maximum atomic E-state index is 5.51. The summed E-state index contributed by atoms with van der Waals surface area (Å²) in [6, 6.07) is 9.22. The highest BCUT2D eigenvalue weighted by Gasteiger charge is 2.22. The number of aryl methyl sites for hydroxylation is 2. The lowest BCUT2D eigenvalue weighted by Gasteiger charge is -2.35. The average molecular weight is 314 g/mol. The minimum atomic E-state index is 0.381. The first-order valence-corrected chi connectivity index (χ1v) is 8.32. The molecule has 0 unspecified atom stereocenters. The number of H-pyrrole nitrogens is 1. The molecule has 2 aromatic rings. The minimum Gasteiger partial charge on any atom is -0.379 e. The van der Waals surface area contributed by atoms with Gasteiger partial charge in [-0.25, -0.2) is 0 Å². The van der Waals surface area contributed by atoms with Crippen LogP contribution in [0.2, 0.25) is 0 Å². The van der Waals surface area contributed by atoms with E-state index in [-0.39, 0.29) is 0 Å². The molecule has 0 radical (unpaired) electrons. The molecule has 0 amide bonds. The molecule has 1 aromatic heterocycles. The van der Waals surface area contributed by atoms with Crippen molar-refractivity contribution >= 4 is 0 Å². The number of ether oxygens (including phenoxy) is 1. The van der Waals surface area contributed by atoms with Gasteiger partial charge in [0.2, 0.25) is 0 Å². The van der Waals surface area contributed by atoms with Gasteiger partial charge in [-0.2, -0.15) is 5.10 Å². The molecule has 124 valence electrons. The maximum absolute atomic E-state index is 5.51. The number of aromatic nitrogens is 2. The van der Waals surface area contributed by atoms with E-state index in [1.165, 1.54) is 16.7 Å². The van der Waals surface area contributed by atoms with Gasteiger partial charge in [0, 0.05) is 43.5 Å². The summed E-state index contributed by atoms with van der Waals surface area (Å²) in [5, 5.41) is 10.7. The summed E-state index contributed by atoms with van der Waals surface area (Å²) in [7, 11) is 0. The van der Waals surface area contributed by atoms with E-state index in [9.17, 15) is 0 Å². The molecule has 2 N–H and O–H groups in total. The fraction of sp³-hybridized carbons (Fsp3) is 0.500. The molecule has 1 aliphatic rings. The first kappa shape index (κ1) is 16.2. The Hall–Kier alpha value is -1.69. The first-order chi connectivity index (χ1) is 11.2. The number of morpholine rings is 1. The van der Waals surface area contributed by atoms with Gasteiger partial charge in [0.05, 0.1) is 19.4 Å². The molecule has 2 heterocycles. The number of aromatic amines is 1. The van der Waals surface area contributed by atoms with Crippen LogP contribution < -0.4 is 5.32 Å². The zero-order valence-electron chi connectivity index (χ0n) is 14.0. The maximum Gasteiger partial charge on any atom is 0.0594 e. The molecule has 0 bridgehead atoms. The number of hydrogen-bond acceptors (Lipinski definition) is 4. The van der Waals surface area contributed by atoms with Crippen molar-refractivity contribution in [1.29, 1.82) is 0 Å². The van der Waals surface area contributed by atoms with E-state index in [1.54, 1.807) is 0 Å². The molecule has 5 nitrogen and oxygen atoms in total. The Bertz CT molecular complexity index is 619. The molecule has 1 saturated heterocycles. The summed E-state index contributed by atoms with van der Waals surface area (Å²) in [4.78, 5) is 2.52. The van der Waals surface area contributed by atoms with Crippen LogP contribution in [0.3, 0.4) is 0 Å². The smallest absolute Gasteiger partial charge is 0.0594 e. The van der Waals surface area contributed by atoms with Crippen molar-refractivity contribution in [2.75, 3.05) is 32.8 Å². The van der Waals surface area contributed by atoms with E-state index in [4.69, 9.17) is 4.74 Å². The normalized spacial score (nSPS) is 17.3. The molecular weight excluding hydrogens is 288 g/mol. The lowest BCUT2D eigenvalue weighted by atomic mass is 10.0. The third-order valence-corrected chi connectivity index (χ3v) is 4.50. The van der Waals surface area contributed by atoms with E-state index >= 15 is 0 Å². The topological polar surface area (TPSA) is 53.2 Å². The number of nitrogens with zero attached hydrogens (tertiary/aromatic N) is 2. The van der Waals surface area contributed by atoms with Crippen molar-refractivity contribution < 1.29 is 4.74 Å². The van der Waals surface area contributed by atoms with Crippen LogP contribution in [-0.2, 0) is 11.3 Å². The van der Waals surface area contributed by atoms with Crippen LogP contribution in [0.5, 0.6) is 0 Å². The van der Waals surface area contributed by atoms with Gasteiger partial charge in [0.15, 0.2) is 0 Å². The monoisotopic (exact) mass is 314 g/mol. The van der Waals surface area contributed by atoms with E-state index in [2.05, 4.69) is 58.5 Å². The number of rotatable bonds is 6. The number of benzene rings is 1. The van der Waals surface area contributed by atoms with Crippen LogP contribution in [0.15, 0.2) is 30.5 Å². The fourth-order valence-electron chi connectivity index (χ4n) is 3.12. The molecule has 1 fully saturated rings. The summed E-state index contributed by atoms with van der Waals surface area (Å²) >= 11 is 0. The van der Waals surface area contributed by atoms with E-state index in [0.717, 1.165) is 45.1 Å². The van der Waals surface area contributed by atoms with Crippen molar-refractivity contribution in [1.82, 2.24) is 20.4 Å². The molecule has 0 spiro atoms. The van der Waals surface area contributed by atoms with Gasteiger partial charge in [-0.15, -0.1) is 0 Å². The summed E-state index contributed by atoms with van der Waals surface area (Å²) < 4.78 is 5.51. The van der Waals surface area contributed by atoms with Crippen LogP contribution in [0.25, 0.3) is 0 Å². The predicted molar refractivity (Wildman–Crippen MR) is 91.3 cm³/mol. The fourth-order valence-corrected chi connectivity index (χ4v) is 3.12. The van der Waals surface area contributed by atoms with Crippen LogP contribution in [0.1, 0.15) is 28.4 Å². The second-order valence-corrected chi connectivity index (χ2v) is 6.23. The predicted octanol–water partition coefficient (Wildman–Crippen LogP) is 2.19. The standard InChI is InChI=1S/C18H26N4O/c1-14-4-3-5-16(10-14)18(22-6-8-23-9-7-22)13-19-11-17-12-20-21-15(17)2/h3-5,10,12,18-19H,6-9,11,13H2,1-2H3,(H,20,21)/t18-/m1/s1. The Morgan fingerprint density at radius 1 is 1.30 bits per heavy atom. The van der Waals surface area contributed by atoms with E-state index in [1.807, 2.05) is 6.20 Å². The molecule has 3 rings (SSSR count). The zero-order chi connectivity index (χ0) is 16.1. The Morgan fingerprint density at radius 3 is 2.83 bits per heavy atom. The highest BCUT2D eigenvalue weighted by atomic mass is 16.5. The lowest BCUT2D eigenvalue weighted by molar-refractivity contribution is 0.0161. The van der Waals surface area contributed by atoms with Crippen molar-refractivity contribution in [2.45, 2.75) is 26.4 Å². The Kier molecular flexibility index (Phi) is 5.43. The molecule has 5 heteroatoms. The molecule has 1 aromatic carbocycles. The van der Waals surface area contributed by atoms with Gasteiger partial charge >= 0.3 is 0 Å². The van der Waals surface area contributed by atoms with Gasteiger partial charge in [0.25, 0.3) is 0 Å². The van der Waals surface area contributed by atoms with Crippen molar-refractivity contribution in [3.8, 4) is 0 Å². The van der Waals surface area contributed by atoms with Crippen LogP contribution in [-0.4, -0.2) is 47.9 Å². The van der Waals surface area contributed by atoms with E-state index < -0.39 is 0 Å². The van der Waals surface area contributed by atoms with Crippen LogP contribution >= 0.6 is 0 Å². The summed E-state index contributed by atoms with van der Waals surface area (Å²) in [6.07, 6.45) is 1.90. The Morgan fingerprint density at radius 2 is 2.13 bits per heavy atom. The zero-order valence-corrected chi connectivity index (χ0v) is 14.0. The largest absolute Gasteiger partial charge is 0.379 e. The summed E-state index contributed by atoms with van der Waals surface area (Å²) in [5.74, 6) is 0. The van der Waals surface area contributed by atoms with Crippen molar-refractivity contribution in [2.24, 2.45) is 0 Å². The van der Waals surface area contributed by atoms with Crippen molar-refractivity contribution in [3.63, 3.8) is 0 Å². The van der Waals surface area contributed by atoms with Crippen LogP contribution in [0.4, 0.5) is 0 Å². The average Bonchev–Trinajstić information content (AvgIpc) is 2.97. The van der Waals surface area contributed by atoms with E-state index in [0.29, 0.717) is 6.04 Å². The van der Waals surface area contributed by atoms with Gasteiger partial charge in [-0.1, -0.05) is 29.8 Å². The van der Waals surface area contributed by atoms with Crippen molar-refractivity contribution in [3.05, 3.63) is 52.8 Å². The Labute approximate surface area is 138 Å². The highest BCUT2D eigenvalue weighted by Crippen LogP contribution is 2.22. The molecule has 0 aliphatic carbocycles. The van der Waals surface area contributed by atoms with Gasteiger partial charge in [-0.05, 0) is 19.4 Å². The first-order valence-electron chi connectivity index (χ1n) is 8.32. The number of nitrogens with one attached hydrogen (secondary N) is 2. The second-order valence-electron chi connectivity index (χ2n) is 6.23. The number of hydrogen-bond donors (Lipinski definition) is 2. The Balaban J connectivity index is 1.68. The molecule has 1 atom stereocenters. The van der Waals surface area contributed by atoms with Gasteiger partial charge in [-0.3, -0.25) is 10.00 Å². The van der Waals surface area contributed by atoms with Crippen LogP contribution in [0, 0.1) is 13.8 Å². The lowest BCUT2D eigenvalue weighted by Crippen LogP contribution is -2.42. The molecule has 1 aliphatic heterocycles. The third kappa shape index (κ3) is 4.19. The molecular formula is C18H26N4O. The summed E-state index contributed by atoms with van der Waals surface area (Å²) in [5.41, 5.74) is 5.06. The molecule has 0 saturated carbocycles.